The van der Waals surface area contributed by atoms with Gasteiger partial charge in [0.15, 0.2) is 0 Å². The first-order valence-electron chi connectivity index (χ1n) is 17.6. The zero-order chi connectivity index (χ0) is 36.7. The minimum absolute atomic E-state index is 0.0291. The summed E-state index contributed by atoms with van der Waals surface area (Å²) in [5.74, 6) is -1.18. The van der Waals surface area contributed by atoms with E-state index in [2.05, 4.69) is 10.6 Å². The topological polar surface area (TPSA) is 173 Å². The number of rotatable bonds is 11. The molecule has 0 radical (unpaired) electrons. The monoisotopic (exact) mass is 702 g/mol. The van der Waals surface area contributed by atoms with Gasteiger partial charge in [0.05, 0.1) is 26.4 Å². The molecule has 3 aliphatic rings. The van der Waals surface area contributed by atoms with Gasteiger partial charge in [-0.3, -0.25) is 14.5 Å². The van der Waals surface area contributed by atoms with Crippen LogP contribution in [0.2, 0.25) is 0 Å². The van der Waals surface area contributed by atoms with Crippen molar-refractivity contribution >= 4 is 30.0 Å². The molecule has 1 saturated heterocycles. The Labute approximate surface area is 294 Å². The highest BCUT2D eigenvalue weighted by Gasteiger charge is 2.47. The number of hydrogen-bond acceptors (Lipinski definition) is 10. The Hall–Kier alpha value is -4.07. The lowest BCUT2D eigenvalue weighted by Gasteiger charge is -2.37. The second-order valence-electron chi connectivity index (χ2n) is 14.9. The Morgan fingerprint density at radius 2 is 1.66 bits per heavy atom. The molecule has 50 heavy (non-hydrogen) atoms. The van der Waals surface area contributed by atoms with Gasteiger partial charge < -0.3 is 39.6 Å². The van der Waals surface area contributed by atoms with E-state index in [0.29, 0.717) is 18.8 Å². The zero-order valence-corrected chi connectivity index (χ0v) is 30.4. The number of benzene rings is 1. The highest BCUT2D eigenvalue weighted by molar-refractivity contribution is 5.94. The van der Waals surface area contributed by atoms with Gasteiger partial charge in [-0.05, 0) is 67.7 Å². The second-order valence-corrected chi connectivity index (χ2v) is 14.9. The predicted molar refractivity (Wildman–Crippen MR) is 182 cm³/mol. The average Bonchev–Trinajstić information content (AvgIpc) is 3.68. The molecule has 4 amide bonds. The largest absolute Gasteiger partial charge is 0.491 e. The molecule has 14 nitrogen and oxygen atoms in total. The van der Waals surface area contributed by atoms with Gasteiger partial charge in [-0.2, -0.15) is 0 Å². The van der Waals surface area contributed by atoms with E-state index < -0.39 is 59.6 Å². The van der Waals surface area contributed by atoms with Crippen molar-refractivity contribution in [1.29, 1.82) is 0 Å². The van der Waals surface area contributed by atoms with Gasteiger partial charge in [-0.15, -0.1) is 0 Å². The van der Waals surface area contributed by atoms with Crippen LogP contribution in [0.4, 0.5) is 9.59 Å². The van der Waals surface area contributed by atoms with Crippen LogP contribution in [0.15, 0.2) is 12.1 Å². The summed E-state index contributed by atoms with van der Waals surface area (Å²) in [7, 11) is 1.23. The van der Waals surface area contributed by atoms with E-state index >= 15 is 0 Å². The van der Waals surface area contributed by atoms with E-state index in [1.807, 2.05) is 19.1 Å². The van der Waals surface area contributed by atoms with Crippen molar-refractivity contribution in [2.75, 3.05) is 26.9 Å². The molecule has 0 bridgehead atoms. The normalized spacial score (nSPS) is 20.5. The number of hydrogen-bond donors (Lipinski definition) is 3. The molecular formula is C36H54N4O10. The highest BCUT2D eigenvalue weighted by atomic mass is 16.6. The van der Waals surface area contributed by atoms with Crippen molar-refractivity contribution < 1.29 is 48.0 Å². The summed E-state index contributed by atoms with van der Waals surface area (Å²) in [6.45, 7) is 11.3. The summed E-state index contributed by atoms with van der Waals surface area (Å²) < 4.78 is 21.8. The van der Waals surface area contributed by atoms with Gasteiger partial charge in [0.25, 0.3) is 0 Å². The van der Waals surface area contributed by atoms with Crippen molar-refractivity contribution in [2.24, 2.45) is 11.3 Å². The maximum atomic E-state index is 14.3. The van der Waals surface area contributed by atoms with Gasteiger partial charge in [0.2, 0.25) is 11.8 Å². The molecule has 14 heteroatoms. The molecule has 1 aliphatic carbocycles. The summed E-state index contributed by atoms with van der Waals surface area (Å²) in [4.78, 5) is 70.1. The summed E-state index contributed by atoms with van der Waals surface area (Å²) in [6.07, 6.45) is 1.95. The van der Waals surface area contributed by atoms with E-state index in [0.717, 1.165) is 48.8 Å². The fourth-order valence-corrected chi connectivity index (χ4v) is 6.98. The number of aliphatic hydroxyl groups excluding tert-OH is 1. The van der Waals surface area contributed by atoms with Crippen LogP contribution in [-0.4, -0.2) is 102 Å². The number of ether oxygens (including phenoxy) is 4. The third-order valence-electron chi connectivity index (χ3n) is 9.53. The number of fused-ring (bicyclic) bond motifs is 1. The second kappa shape index (κ2) is 16.8. The number of carbonyl (C=O) groups is 5. The van der Waals surface area contributed by atoms with E-state index in [9.17, 15) is 24.0 Å². The number of likely N-dealkylation sites (tertiary alicyclic amines) is 1. The highest BCUT2D eigenvalue weighted by Crippen LogP contribution is 2.33. The van der Waals surface area contributed by atoms with Gasteiger partial charge >= 0.3 is 18.2 Å². The Balaban J connectivity index is 1.48. The van der Waals surface area contributed by atoms with Crippen LogP contribution in [0.3, 0.4) is 0 Å². The fourth-order valence-electron chi connectivity index (χ4n) is 6.98. The van der Waals surface area contributed by atoms with Crippen molar-refractivity contribution in [3.8, 4) is 5.75 Å². The Bertz CT molecular complexity index is 1400. The number of esters is 1. The first-order valence-corrected chi connectivity index (χ1v) is 17.6. The minimum Gasteiger partial charge on any atom is -0.491 e. The van der Waals surface area contributed by atoms with Crippen LogP contribution in [0.1, 0.15) is 89.8 Å². The Morgan fingerprint density at radius 1 is 1.00 bits per heavy atom. The number of carbonyl (C=O) groups excluding carboxylic acids is 5. The molecule has 1 saturated carbocycles. The average molecular weight is 703 g/mol. The molecule has 2 aliphatic heterocycles. The van der Waals surface area contributed by atoms with Crippen LogP contribution in [-0.2, 0) is 41.7 Å². The quantitative estimate of drug-likeness (QED) is 0.229. The number of aryl methyl sites for hydroxylation is 1. The maximum absolute atomic E-state index is 14.3. The molecular weight excluding hydrogens is 648 g/mol. The smallest absolute Gasteiger partial charge is 0.410 e. The number of alkyl carbamates (subject to hydrolysis) is 1. The van der Waals surface area contributed by atoms with Crippen LogP contribution in [0.25, 0.3) is 0 Å². The molecule has 2 fully saturated rings. The minimum atomic E-state index is -1.08. The number of methoxy groups -OCH3 is 1. The molecule has 4 atom stereocenters. The Morgan fingerprint density at radius 3 is 2.26 bits per heavy atom. The molecule has 278 valence electrons. The third kappa shape index (κ3) is 9.58. The first-order chi connectivity index (χ1) is 23.6. The zero-order valence-electron chi connectivity index (χ0n) is 30.4. The summed E-state index contributed by atoms with van der Waals surface area (Å²) in [5, 5.41) is 14.8. The van der Waals surface area contributed by atoms with Crippen molar-refractivity contribution in [3.05, 3.63) is 28.8 Å². The molecule has 2 unspecified atom stereocenters. The SMILES string of the molecule is COC(=O)C1CC(OC(=O)N2Cc3cc(C)c(OCCO)cc3C2)CN1C(=O)[C@@H](NC(=O)[C@@H](NC(=O)OC(C)C)C1CCCCC1)C(C)(C)C. The standard InChI is InChI=1S/C36H54N4O10/c1-21(2)49-34(45)37-29(23-11-9-8-10-12-23)31(42)38-30(36(4,5)6)32(43)40-20-26(17-27(40)33(44)47-7)50-35(46)39-18-24-15-22(3)28(48-14-13-41)16-25(24)19-39/h15-16,21,23,26-27,29-30,41H,8-14,17-20H2,1-7H3,(H,37,45)(H,38,42)/t26?,27?,29-,30+/m0/s1. The van der Waals surface area contributed by atoms with Crippen molar-refractivity contribution in [3.63, 3.8) is 0 Å². The molecule has 1 aromatic carbocycles. The van der Waals surface area contributed by atoms with E-state index in [4.69, 9.17) is 24.1 Å². The fraction of sp³-hybridized carbons (Fsp3) is 0.694. The van der Waals surface area contributed by atoms with Gasteiger partial charge in [-0.1, -0.05) is 46.1 Å². The van der Waals surface area contributed by atoms with Gasteiger partial charge in [-0.25, -0.2) is 14.4 Å². The van der Waals surface area contributed by atoms with E-state index in [1.54, 1.807) is 39.5 Å². The number of nitrogens with one attached hydrogen (secondary N) is 2. The van der Waals surface area contributed by atoms with Crippen LogP contribution < -0.4 is 15.4 Å². The molecule has 4 rings (SSSR count). The van der Waals surface area contributed by atoms with Gasteiger partial charge in [0.1, 0.15) is 36.6 Å². The molecule has 2 heterocycles. The predicted octanol–water partition coefficient (Wildman–Crippen LogP) is 3.58. The van der Waals surface area contributed by atoms with Crippen LogP contribution in [0.5, 0.6) is 5.75 Å². The van der Waals surface area contributed by atoms with E-state index in [1.165, 1.54) is 12.0 Å². The summed E-state index contributed by atoms with van der Waals surface area (Å²) in [6, 6.07) is 0.781. The first kappa shape index (κ1) is 38.7. The van der Waals surface area contributed by atoms with Gasteiger partial charge in [0, 0.05) is 19.5 Å². The number of amides is 4. The van der Waals surface area contributed by atoms with E-state index in [-0.39, 0.29) is 38.2 Å². The lowest BCUT2D eigenvalue weighted by atomic mass is 9.82. The Kier molecular flexibility index (Phi) is 13.0. The van der Waals surface area contributed by atoms with Crippen molar-refractivity contribution in [1.82, 2.24) is 20.4 Å². The van der Waals surface area contributed by atoms with Crippen LogP contribution in [0, 0.1) is 18.3 Å². The maximum Gasteiger partial charge on any atom is 0.410 e. The third-order valence-corrected chi connectivity index (χ3v) is 9.53. The molecule has 0 aromatic heterocycles. The molecule has 1 aromatic rings. The van der Waals surface area contributed by atoms with Crippen LogP contribution >= 0.6 is 0 Å². The lowest BCUT2D eigenvalue weighted by molar-refractivity contribution is -0.153. The molecule has 0 spiro atoms. The molecule has 3 N–H and O–H groups in total. The summed E-state index contributed by atoms with van der Waals surface area (Å²) >= 11 is 0. The number of nitrogens with zero attached hydrogens (tertiary/aromatic N) is 2. The number of aliphatic hydroxyl groups is 1. The lowest BCUT2D eigenvalue weighted by Crippen LogP contribution is -2.61. The summed E-state index contributed by atoms with van der Waals surface area (Å²) in [5.41, 5.74) is 1.94. The van der Waals surface area contributed by atoms with Crippen molar-refractivity contribution in [2.45, 2.75) is 123 Å².